The van der Waals surface area contributed by atoms with Crippen LogP contribution < -0.4 is 5.73 Å². The van der Waals surface area contributed by atoms with E-state index in [-0.39, 0.29) is 0 Å². The van der Waals surface area contributed by atoms with Gasteiger partial charge < -0.3 is 10.2 Å². The number of rotatable bonds is 4. The average Bonchev–Trinajstić information content (AvgIpc) is 2.83. The summed E-state index contributed by atoms with van der Waals surface area (Å²) in [5.74, 6) is 1.51. The summed E-state index contributed by atoms with van der Waals surface area (Å²) in [4.78, 5) is 5.19. The first kappa shape index (κ1) is 10.7. The molecule has 2 N–H and O–H groups in total. The standard InChI is InChI=1S/C10H11ClN2OS/c11-9-4-3-8(15-9)7-6-13-10(14-7)2-1-5-12/h3-4,6H,1-2,5,12H2. The molecule has 0 saturated carbocycles. The van der Waals surface area contributed by atoms with E-state index >= 15 is 0 Å². The normalized spacial score (nSPS) is 10.8. The Kier molecular flexibility index (Phi) is 3.41. The first-order chi connectivity index (χ1) is 7.29. The number of aromatic nitrogens is 1. The third-order valence-electron chi connectivity index (χ3n) is 1.96. The van der Waals surface area contributed by atoms with Crippen LogP contribution in [0.4, 0.5) is 0 Å². The molecule has 0 aliphatic carbocycles. The van der Waals surface area contributed by atoms with Crippen LogP contribution in [0.15, 0.2) is 22.7 Å². The number of hydrogen-bond donors (Lipinski definition) is 1. The van der Waals surface area contributed by atoms with Crippen molar-refractivity contribution in [2.75, 3.05) is 6.54 Å². The molecule has 0 aliphatic rings. The van der Waals surface area contributed by atoms with Gasteiger partial charge in [-0.3, -0.25) is 0 Å². The van der Waals surface area contributed by atoms with Gasteiger partial charge in [-0.25, -0.2) is 4.98 Å². The van der Waals surface area contributed by atoms with E-state index in [1.54, 1.807) is 6.20 Å². The van der Waals surface area contributed by atoms with Gasteiger partial charge in [0.05, 0.1) is 15.4 Å². The van der Waals surface area contributed by atoms with E-state index in [4.69, 9.17) is 21.8 Å². The molecule has 0 bridgehead atoms. The fraction of sp³-hybridized carbons (Fsp3) is 0.300. The zero-order chi connectivity index (χ0) is 10.7. The molecule has 0 aliphatic heterocycles. The molecule has 2 aromatic heterocycles. The third kappa shape index (κ3) is 2.59. The van der Waals surface area contributed by atoms with Crippen LogP contribution in [-0.2, 0) is 6.42 Å². The Labute approximate surface area is 96.9 Å². The molecule has 0 unspecified atom stereocenters. The van der Waals surface area contributed by atoms with Gasteiger partial charge >= 0.3 is 0 Å². The number of thiophene rings is 1. The number of aryl methyl sites for hydroxylation is 1. The van der Waals surface area contributed by atoms with Crippen LogP contribution >= 0.6 is 22.9 Å². The number of oxazole rings is 1. The van der Waals surface area contributed by atoms with E-state index < -0.39 is 0 Å². The Morgan fingerprint density at radius 2 is 2.33 bits per heavy atom. The summed E-state index contributed by atoms with van der Waals surface area (Å²) in [6.45, 7) is 0.655. The van der Waals surface area contributed by atoms with Crippen LogP contribution in [0.1, 0.15) is 12.3 Å². The molecule has 2 rings (SSSR count). The zero-order valence-electron chi connectivity index (χ0n) is 8.07. The Bertz CT molecular complexity index is 438. The number of hydrogen-bond acceptors (Lipinski definition) is 4. The maximum absolute atomic E-state index is 5.84. The third-order valence-corrected chi connectivity index (χ3v) is 3.21. The molecule has 0 saturated heterocycles. The number of halogens is 1. The largest absolute Gasteiger partial charge is 0.440 e. The molecule has 2 heterocycles. The minimum absolute atomic E-state index is 0.655. The highest BCUT2D eigenvalue weighted by molar-refractivity contribution is 7.19. The van der Waals surface area contributed by atoms with Crippen molar-refractivity contribution in [3.63, 3.8) is 0 Å². The topological polar surface area (TPSA) is 52.0 Å². The highest BCUT2D eigenvalue weighted by Crippen LogP contribution is 2.31. The van der Waals surface area contributed by atoms with Gasteiger partial charge in [0.2, 0.25) is 0 Å². The monoisotopic (exact) mass is 242 g/mol. The minimum atomic E-state index is 0.655. The van der Waals surface area contributed by atoms with E-state index in [9.17, 15) is 0 Å². The van der Waals surface area contributed by atoms with E-state index in [2.05, 4.69) is 4.98 Å². The second-order valence-electron chi connectivity index (χ2n) is 3.11. The number of nitrogens with zero attached hydrogens (tertiary/aromatic N) is 1. The molecule has 0 aromatic carbocycles. The van der Waals surface area contributed by atoms with Crippen molar-refractivity contribution in [2.24, 2.45) is 5.73 Å². The molecular formula is C10H11ClN2OS. The van der Waals surface area contributed by atoms with Gasteiger partial charge in [0, 0.05) is 6.42 Å². The van der Waals surface area contributed by atoms with E-state index in [0.29, 0.717) is 6.54 Å². The van der Waals surface area contributed by atoms with Crippen molar-refractivity contribution < 1.29 is 4.42 Å². The van der Waals surface area contributed by atoms with Crippen LogP contribution in [0.5, 0.6) is 0 Å². The summed E-state index contributed by atoms with van der Waals surface area (Å²) in [7, 11) is 0. The maximum atomic E-state index is 5.84. The summed E-state index contributed by atoms with van der Waals surface area (Å²) < 4.78 is 6.32. The maximum Gasteiger partial charge on any atom is 0.194 e. The molecule has 80 valence electrons. The highest BCUT2D eigenvalue weighted by Gasteiger charge is 2.08. The molecule has 0 fully saturated rings. The van der Waals surface area contributed by atoms with Crippen molar-refractivity contribution in [2.45, 2.75) is 12.8 Å². The Balaban J connectivity index is 2.13. The van der Waals surface area contributed by atoms with Crippen LogP contribution in [0.3, 0.4) is 0 Å². The highest BCUT2D eigenvalue weighted by atomic mass is 35.5. The lowest BCUT2D eigenvalue weighted by Gasteiger charge is -1.91. The summed E-state index contributed by atoms with van der Waals surface area (Å²) in [5, 5.41) is 0. The second kappa shape index (κ2) is 4.79. The first-order valence-electron chi connectivity index (χ1n) is 4.70. The number of nitrogens with two attached hydrogens (primary N) is 1. The molecule has 0 radical (unpaired) electrons. The summed E-state index contributed by atoms with van der Waals surface area (Å²) in [6, 6.07) is 3.78. The molecular weight excluding hydrogens is 232 g/mol. The Morgan fingerprint density at radius 1 is 1.47 bits per heavy atom. The minimum Gasteiger partial charge on any atom is -0.440 e. The van der Waals surface area contributed by atoms with Crippen molar-refractivity contribution in [1.29, 1.82) is 0 Å². The first-order valence-corrected chi connectivity index (χ1v) is 5.89. The fourth-order valence-corrected chi connectivity index (χ4v) is 2.23. The molecule has 15 heavy (non-hydrogen) atoms. The quantitative estimate of drug-likeness (QED) is 0.897. The lowest BCUT2D eigenvalue weighted by molar-refractivity contribution is 0.500. The molecule has 2 aromatic rings. The van der Waals surface area contributed by atoms with Crippen molar-refractivity contribution in [1.82, 2.24) is 4.98 Å². The molecule has 0 amide bonds. The van der Waals surface area contributed by atoms with Gasteiger partial charge in [-0.1, -0.05) is 11.6 Å². The van der Waals surface area contributed by atoms with E-state index in [1.807, 2.05) is 12.1 Å². The van der Waals surface area contributed by atoms with Crippen molar-refractivity contribution in [3.05, 3.63) is 28.6 Å². The zero-order valence-corrected chi connectivity index (χ0v) is 9.64. The second-order valence-corrected chi connectivity index (χ2v) is 4.83. The Hall–Kier alpha value is -0.840. The Morgan fingerprint density at radius 3 is 3.00 bits per heavy atom. The van der Waals surface area contributed by atoms with Gasteiger partial charge in [0.25, 0.3) is 0 Å². The molecule has 0 spiro atoms. The SMILES string of the molecule is NCCCc1ncc(-c2ccc(Cl)s2)o1. The summed E-state index contributed by atoms with van der Waals surface area (Å²) in [6.07, 6.45) is 3.41. The van der Waals surface area contributed by atoms with Crippen LogP contribution in [-0.4, -0.2) is 11.5 Å². The van der Waals surface area contributed by atoms with Gasteiger partial charge in [-0.15, -0.1) is 11.3 Å². The predicted molar refractivity (Wildman–Crippen MR) is 62.2 cm³/mol. The van der Waals surface area contributed by atoms with Crippen molar-refractivity contribution >= 4 is 22.9 Å². The van der Waals surface area contributed by atoms with Gasteiger partial charge in [0.15, 0.2) is 11.7 Å². The van der Waals surface area contributed by atoms with Crippen molar-refractivity contribution in [3.8, 4) is 10.6 Å². The molecule has 0 atom stereocenters. The predicted octanol–water partition coefficient (Wildman–Crippen LogP) is 2.95. The summed E-state index contributed by atoms with van der Waals surface area (Å²) >= 11 is 7.33. The van der Waals surface area contributed by atoms with Gasteiger partial charge in [0.1, 0.15) is 0 Å². The smallest absolute Gasteiger partial charge is 0.194 e. The van der Waals surface area contributed by atoms with Crippen LogP contribution in [0, 0.1) is 0 Å². The average molecular weight is 243 g/mol. The lowest BCUT2D eigenvalue weighted by atomic mass is 10.3. The van der Waals surface area contributed by atoms with Gasteiger partial charge in [-0.2, -0.15) is 0 Å². The fourth-order valence-electron chi connectivity index (χ4n) is 1.24. The van der Waals surface area contributed by atoms with Crippen LogP contribution in [0.25, 0.3) is 10.6 Å². The lowest BCUT2D eigenvalue weighted by Crippen LogP contribution is -2.00. The van der Waals surface area contributed by atoms with Crippen LogP contribution in [0.2, 0.25) is 4.34 Å². The molecule has 5 heteroatoms. The van der Waals surface area contributed by atoms with Gasteiger partial charge in [-0.05, 0) is 25.1 Å². The van der Waals surface area contributed by atoms with E-state index in [1.165, 1.54) is 11.3 Å². The summed E-state index contributed by atoms with van der Waals surface area (Å²) in [5.41, 5.74) is 5.41. The molecule has 3 nitrogen and oxygen atoms in total. The van der Waals surface area contributed by atoms with E-state index in [0.717, 1.165) is 33.7 Å².